The first-order valence-electron chi connectivity index (χ1n) is 9.44. The Morgan fingerprint density at radius 1 is 0.906 bits per heavy atom. The molecule has 9 nitrogen and oxygen atoms in total. The van der Waals surface area contributed by atoms with Crippen LogP contribution in [0.2, 0.25) is 0 Å². The van der Waals surface area contributed by atoms with Gasteiger partial charge in [-0.25, -0.2) is 13.2 Å². The summed E-state index contributed by atoms with van der Waals surface area (Å²) in [5, 5.41) is 5.06. The normalized spacial score (nSPS) is 10.8. The number of hydrogen-bond acceptors (Lipinski definition) is 5. The van der Waals surface area contributed by atoms with Crippen molar-refractivity contribution in [2.45, 2.75) is 11.8 Å². The zero-order valence-electron chi connectivity index (χ0n) is 17.4. The van der Waals surface area contributed by atoms with Crippen molar-refractivity contribution < 1.29 is 22.7 Å². The van der Waals surface area contributed by atoms with Gasteiger partial charge in [-0.2, -0.15) is 0 Å². The monoisotopic (exact) mass is 454 g/mol. The topological polar surface area (TPSA) is 140 Å². The van der Waals surface area contributed by atoms with Gasteiger partial charge in [0, 0.05) is 16.9 Å². The number of carbonyl (C=O) groups is 2. The van der Waals surface area contributed by atoms with Crippen molar-refractivity contribution in [2.24, 2.45) is 5.73 Å². The second kappa shape index (κ2) is 9.40. The Morgan fingerprint density at radius 2 is 1.62 bits per heavy atom. The summed E-state index contributed by atoms with van der Waals surface area (Å²) in [4.78, 5) is 23.7. The summed E-state index contributed by atoms with van der Waals surface area (Å²) in [6.07, 6.45) is 0. The van der Waals surface area contributed by atoms with Crippen molar-refractivity contribution in [3.05, 3.63) is 77.9 Å². The number of rotatable bonds is 7. The van der Waals surface area contributed by atoms with Crippen LogP contribution in [0.15, 0.2) is 71.6 Å². The Kier molecular flexibility index (Phi) is 6.64. The molecule has 0 aliphatic heterocycles. The Balaban J connectivity index is 1.85. The largest absolute Gasteiger partial charge is 0.495 e. The second-order valence-electron chi connectivity index (χ2n) is 6.81. The highest BCUT2D eigenvalue weighted by atomic mass is 32.2. The lowest BCUT2D eigenvalue weighted by Crippen LogP contribution is -2.20. The van der Waals surface area contributed by atoms with Crippen LogP contribution in [0.5, 0.6) is 5.75 Å². The summed E-state index contributed by atoms with van der Waals surface area (Å²) < 4.78 is 33.7. The van der Waals surface area contributed by atoms with E-state index in [9.17, 15) is 18.0 Å². The van der Waals surface area contributed by atoms with Crippen molar-refractivity contribution >= 4 is 39.0 Å². The Labute approximate surface area is 185 Å². The molecule has 0 unspecified atom stereocenters. The summed E-state index contributed by atoms with van der Waals surface area (Å²) in [6, 6.07) is 16.6. The first kappa shape index (κ1) is 22.6. The summed E-state index contributed by atoms with van der Waals surface area (Å²) >= 11 is 0. The maximum atomic E-state index is 13.0. The number of urea groups is 1. The van der Waals surface area contributed by atoms with E-state index in [-0.39, 0.29) is 16.1 Å². The molecule has 0 saturated carbocycles. The van der Waals surface area contributed by atoms with E-state index in [4.69, 9.17) is 10.5 Å². The summed E-state index contributed by atoms with van der Waals surface area (Å²) in [5.41, 5.74) is 6.79. The van der Waals surface area contributed by atoms with Gasteiger partial charge in [0.2, 0.25) is 0 Å². The first-order valence-corrected chi connectivity index (χ1v) is 10.9. The molecule has 0 aliphatic rings. The van der Waals surface area contributed by atoms with Gasteiger partial charge in [0.1, 0.15) is 5.75 Å². The van der Waals surface area contributed by atoms with Crippen molar-refractivity contribution in [1.29, 1.82) is 0 Å². The number of primary amides is 1. The molecule has 0 aliphatic carbocycles. The Bertz CT molecular complexity index is 1270. The molecule has 3 amide bonds. The summed E-state index contributed by atoms with van der Waals surface area (Å²) in [6.45, 7) is 1.65. The third kappa shape index (κ3) is 5.35. The number of methoxy groups -OCH3 is 1. The minimum absolute atomic E-state index is 0.00496. The van der Waals surface area contributed by atoms with Crippen LogP contribution in [-0.4, -0.2) is 27.5 Å². The average molecular weight is 455 g/mol. The van der Waals surface area contributed by atoms with Crippen LogP contribution in [0, 0.1) is 6.92 Å². The number of aryl methyl sites for hydroxylation is 1. The standard InChI is InChI=1S/C22H22N4O5S/c1-14-10-11-17(24-21(27)15-6-5-7-16(12-15)25-22(23)28)13-20(14)32(29,30)26-18-8-3-4-9-19(18)31-2/h3-13,26H,1-2H3,(H,24,27)(H3,23,25,28). The van der Waals surface area contributed by atoms with Crippen LogP contribution in [0.4, 0.5) is 21.9 Å². The van der Waals surface area contributed by atoms with Crippen LogP contribution in [0.1, 0.15) is 15.9 Å². The van der Waals surface area contributed by atoms with E-state index in [1.807, 2.05) is 0 Å². The molecular formula is C22H22N4O5S. The molecule has 3 aromatic rings. The molecule has 5 N–H and O–H groups in total. The molecule has 0 radical (unpaired) electrons. The second-order valence-corrected chi connectivity index (χ2v) is 8.46. The zero-order chi connectivity index (χ0) is 23.3. The molecule has 0 bridgehead atoms. The van der Waals surface area contributed by atoms with Crippen LogP contribution in [-0.2, 0) is 10.0 Å². The smallest absolute Gasteiger partial charge is 0.316 e. The number of benzene rings is 3. The lowest BCUT2D eigenvalue weighted by molar-refractivity contribution is 0.102. The van der Waals surface area contributed by atoms with Gasteiger partial charge in [0.15, 0.2) is 0 Å². The minimum atomic E-state index is -3.96. The van der Waals surface area contributed by atoms with E-state index >= 15 is 0 Å². The van der Waals surface area contributed by atoms with Gasteiger partial charge in [0.25, 0.3) is 15.9 Å². The molecule has 0 spiro atoms. The highest BCUT2D eigenvalue weighted by molar-refractivity contribution is 7.92. The van der Waals surface area contributed by atoms with E-state index in [1.54, 1.807) is 61.5 Å². The van der Waals surface area contributed by atoms with E-state index in [0.717, 1.165) is 0 Å². The van der Waals surface area contributed by atoms with Gasteiger partial charge >= 0.3 is 6.03 Å². The van der Waals surface area contributed by atoms with E-state index in [1.165, 1.54) is 19.2 Å². The van der Waals surface area contributed by atoms with Crippen molar-refractivity contribution in [2.75, 3.05) is 22.5 Å². The zero-order valence-corrected chi connectivity index (χ0v) is 18.2. The number of ether oxygens (including phenoxy) is 1. The number of nitrogens with two attached hydrogens (primary N) is 1. The number of para-hydroxylation sites is 2. The van der Waals surface area contributed by atoms with Crippen LogP contribution < -0.4 is 25.8 Å². The van der Waals surface area contributed by atoms with Crippen molar-refractivity contribution in [3.63, 3.8) is 0 Å². The average Bonchev–Trinajstić information content (AvgIpc) is 2.75. The third-order valence-electron chi connectivity index (χ3n) is 4.48. The fourth-order valence-electron chi connectivity index (χ4n) is 2.98. The minimum Gasteiger partial charge on any atom is -0.495 e. The van der Waals surface area contributed by atoms with Gasteiger partial charge in [0.05, 0.1) is 17.7 Å². The highest BCUT2D eigenvalue weighted by Gasteiger charge is 2.20. The predicted molar refractivity (Wildman–Crippen MR) is 123 cm³/mol. The maximum absolute atomic E-state index is 13.0. The molecule has 0 fully saturated rings. The van der Waals surface area contributed by atoms with E-state index in [2.05, 4.69) is 15.4 Å². The van der Waals surface area contributed by atoms with Crippen LogP contribution >= 0.6 is 0 Å². The lowest BCUT2D eigenvalue weighted by Gasteiger charge is -2.14. The maximum Gasteiger partial charge on any atom is 0.316 e. The van der Waals surface area contributed by atoms with Crippen molar-refractivity contribution in [3.8, 4) is 5.75 Å². The quantitative estimate of drug-likeness (QED) is 0.432. The van der Waals surface area contributed by atoms with Gasteiger partial charge in [-0.05, 0) is 55.0 Å². The molecule has 3 aromatic carbocycles. The highest BCUT2D eigenvalue weighted by Crippen LogP contribution is 2.28. The molecule has 0 atom stereocenters. The Morgan fingerprint density at radius 3 is 2.34 bits per heavy atom. The number of sulfonamides is 1. The number of carbonyl (C=O) groups excluding carboxylic acids is 2. The predicted octanol–water partition coefficient (Wildman–Crippen LogP) is 3.55. The van der Waals surface area contributed by atoms with Gasteiger partial charge in [-0.15, -0.1) is 0 Å². The number of hydrogen-bond donors (Lipinski definition) is 4. The first-order chi connectivity index (χ1) is 15.2. The molecule has 0 saturated heterocycles. The number of amides is 3. The molecular weight excluding hydrogens is 432 g/mol. The lowest BCUT2D eigenvalue weighted by atomic mass is 10.1. The SMILES string of the molecule is COc1ccccc1NS(=O)(=O)c1cc(NC(=O)c2cccc(NC(N)=O)c2)ccc1C. The summed E-state index contributed by atoms with van der Waals surface area (Å²) in [7, 11) is -2.52. The Hall–Kier alpha value is -4.05. The van der Waals surface area contributed by atoms with Gasteiger partial charge < -0.3 is 21.1 Å². The molecule has 10 heteroatoms. The van der Waals surface area contributed by atoms with Gasteiger partial charge in [-0.3, -0.25) is 9.52 Å². The van der Waals surface area contributed by atoms with E-state index in [0.29, 0.717) is 22.7 Å². The molecule has 166 valence electrons. The third-order valence-corrected chi connectivity index (χ3v) is 5.99. The molecule has 0 aromatic heterocycles. The fourth-order valence-corrected chi connectivity index (χ4v) is 4.32. The molecule has 32 heavy (non-hydrogen) atoms. The molecule has 3 rings (SSSR count). The van der Waals surface area contributed by atoms with E-state index < -0.39 is 22.0 Å². The number of nitrogens with one attached hydrogen (secondary N) is 3. The van der Waals surface area contributed by atoms with Gasteiger partial charge in [-0.1, -0.05) is 24.3 Å². The summed E-state index contributed by atoms with van der Waals surface area (Å²) in [5.74, 6) is -0.106. The fraction of sp³-hybridized carbons (Fsp3) is 0.0909. The van der Waals surface area contributed by atoms with Crippen LogP contribution in [0.25, 0.3) is 0 Å². The number of anilines is 3. The van der Waals surface area contributed by atoms with Crippen LogP contribution in [0.3, 0.4) is 0 Å². The van der Waals surface area contributed by atoms with Crippen molar-refractivity contribution in [1.82, 2.24) is 0 Å². The molecule has 0 heterocycles.